The predicted molar refractivity (Wildman–Crippen MR) is 51.5 cm³/mol. The third-order valence-electron chi connectivity index (χ3n) is 3.34. The molecule has 3 rings (SSSR count). The summed E-state index contributed by atoms with van der Waals surface area (Å²) >= 11 is 0. The highest BCUT2D eigenvalue weighted by Crippen LogP contribution is 2.54. The van der Waals surface area contributed by atoms with Crippen LogP contribution in [0.2, 0.25) is 0 Å². The van der Waals surface area contributed by atoms with Crippen LogP contribution in [0.15, 0.2) is 30.3 Å². The molecule has 0 bridgehead atoms. The van der Waals surface area contributed by atoms with Gasteiger partial charge in [-0.15, -0.1) is 0 Å². The lowest BCUT2D eigenvalue weighted by Crippen LogP contribution is -2.16. The molecule has 0 N–H and O–H groups in total. The zero-order valence-corrected chi connectivity index (χ0v) is 7.70. The molecule has 1 aliphatic heterocycles. The fourth-order valence-electron chi connectivity index (χ4n) is 2.57. The Morgan fingerprint density at radius 3 is 2.77 bits per heavy atom. The van der Waals surface area contributed by atoms with Gasteiger partial charge in [-0.05, 0) is 18.4 Å². The van der Waals surface area contributed by atoms with Gasteiger partial charge in [-0.25, -0.2) is 0 Å². The summed E-state index contributed by atoms with van der Waals surface area (Å²) in [7, 11) is 0. The quantitative estimate of drug-likeness (QED) is 0.596. The minimum Gasteiger partial charge on any atom is -0.361 e. The van der Waals surface area contributed by atoms with Crippen LogP contribution < -0.4 is 0 Å². The number of hydrogen-bond acceptors (Lipinski definition) is 1. The van der Waals surface area contributed by atoms with Crippen molar-refractivity contribution in [3.63, 3.8) is 0 Å². The van der Waals surface area contributed by atoms with Gasteiger partial charge in [-0.3, -0.25) is 0 Å². The summed E-state index contributed by atoms with van der Waals surface area (Å²) in [6, 6.07) is 10.7. The van der Waals surface area contributed by atoms with Crippen molar-refractivity contribution < 1.29 is 4.74 Å². The zero-order valence-electron chi connectivity index (χ0n) is 7.70. The number of ether oxygens (including phenoxy) is 1. The van der Waals surface area contributed by atoms with Crippen molar-refractivity contribution in [3.8, 4) is 0 Å². The van der Waals surface area contributed by atoms with E-state index in [0.717, 1.165) is 0 Å². The van der Waals surface area contributed by atoms with Crippen molar-refractivity contribution in [2.24, 2.45) is 0 Å². The Labute approximate surface area is 78.7 Å². The molecule has 0 aromatic heterocycles. The van der Waals surface area contributed by atoms with E-state index >= 15 is 0 Å². The molecule has 1 saturated carbocycles. The van der Waals surface area contributed by atoms with Crippen molar-refractivity contribution >= 4 is 0 Å². The molecule has 1 unspecified atom stereocenters. The molecule has 0 spiro atoms. The normalized spacial score (nSPS) is 36.8. The fraction of sp³-hybridized carbons (Fsp3) is 0.500. The number of rotatable bonds is 1. The van der Waals surface area contributed by atoms with Crippen LogP contribution in [-0.2, 0) is 10.3 Å². The van der Waals surface area contributed by atoms with E-state index in [1.165, 1.54) is 31.2 Å². The molecule has 2 atom stereocenters. The number of benzene rings is 1. The van der Waals surface area contributed by atoms with E-state index < -0.39 is 0 Å². The third kappa shape index (κ3) is 1.03. The summed E-state index contributed by atoms with van der Waals surface area (Å²) in [5.41, 5.74) is 1.53. The molecule has 68 valence electrons. The molecule has 1 heteroatoms. The van der Waals surface area contributed by atoms with E-state index in [-0.39, 0.29) is 5.60 Å². The van der Waals surface area contributed by atoms with E-state index in [0.29, 0.717) is 6.10 Å². The Kier molecular flexibility index (Phi) is 1.50. The van der Waals surface area contributed by atoms with E-state index in [4.69, 9.17) is 4.74 Å². The van der Waals surface area contributed by atoms with Crippen LogP contribution >= 0.6 is 0 Å². The summed E-state index contributed by atoms with van der Waals surface area (Å²) in [5.74, 6) is 0. The fourth-order valence-corrected chi connectivity index (χ4v) is 2.57. The van der Waals surface area contributed by atoms with Gasteiger partial charge in [-0.2, -0.15) is 0 Å². The maximum absolute atomic E-state index is 5.85. The SMILES string of the molecule is c1ccc(C23CCCC[C@H]2O3)cc1. The maximum atomic E-state index is 5.85. The summed E-state index contributed by atoms with van der Waals surface area (Å²) < 4.78 is 5.85. The highest BCUT2D eigenvalue weighted by molar-refractivity contribution is 5.29. The van der Waals surface area contributed by atoms with Crippen LogP contribution in [0.4, 0.5) is 0 Å². The maximum Gasteiger partial charge on any atom is 0.120 e. The molecule has 2 fully saturated rings. The van der Waals surface area contributed by atoms with Crippen LogP contribution in [-0.4, -0.2) is 6.10 Å². The van der Waals surface area contributed by atoms with Gasteiger partial charge in [0.2, 0.25) is 0 Å². The second-order valence-corrected chi connectivity index (χ2v) is 4.11. The summed E-state index contributed by atoms with van der Waals surface area (Å²) in [6.45, 7) is 0. The molecular weight excluding hydrogens is 160 g/mol. The lowest BCUT2D eigenvalue weighted by atomic mass is 9.84. The Bertz CT molecular complexity index is 306. The van der Waals surface area contributed by atoms with Gasteiger partial charge < -0.3 is 4.74 Å². The lowest BCUT2D eigenvalue weighted by Gasteiger charge is -2.17. The number of hydrogen-bond donors (Lipinski definition) is 0. The molecule has 1 aromatic rings. The van der Waals surface area contributed by atoms with E-state index in [9.17, 15) is 0 Å². The van der Waals surface area contributed by atoms with Crippen molar-refractivity contribution in [2.75, 3.05) is 0 Å². The van der Waals surface area contributed by atoms with Crippen molar-refractivity contribution in [2.45, 2.75) is 37.4 Å². The highest BCUT2D eigenvalue weighted by Gasteiger charge is 2.57. The monoisotopic (exact) mass is 174 g/mol. The predicted octanol–water partition coefficient (Wildman–Crippen LogP) is 2.85. The summed E-state index contributed by atoms with van der Waals surface area (Å²) in [4.78, 5) is 0. The Morgan fingerprint density at radius 1 is 1.15 bits per heavy atom. The molecule has 0 radical (unpaired) electrons. The van der Waals surface area contributed by atoms with Gasteiger partial charge in [0.1, 0.15) is 5.60 Å². The highest BCUT2D eigenvalue weighted by atomic mass is 16.6. The first-order chi connectivity index (χ1) is 6.42. The molecule has 1 heterocycles. The summed E-state index contributed by atoms with van der Waals surface area (Å²) in [6.07, 6.45) is 5.69. The zero-order chi connectivity index (χ0) is 8.73. The molecule has 0 amide bonds. The molecule has 1 aliphatic carbocycles. The molecular formula is C12H14O. The van der Waals surface area contributed by atoms with Gasteiger partial charge in [-0.1, -0.05) is 43.2 Å². The standard InChI is InChI=1S/C12H14O/c1-2-6-10(7-3-1)12-9-5-4-8-11(12)13-12/h1-3,6-7,11H,4-5,8-9H2/t11-,12?/m1/s1. The van der Waals surface area contributed by atoms with E-state index in [1.807, 2.05) is 0 Å². The number of epoxide rings is 1. The molecule has 13 heavy (non-hydrogen) atoms. The minimum atomic E-state index is 0.138. The van der Waals surface area contributed by atoms with Gasteiger partial charge >= 0.3 is 0 Å². The Morgan fingerprint density at radius 2 is 2.00 bits per heavy atom. The van der Waals surface area contributed by atoms with Crippen LogP contribution in [0, 0.1) is 0 Å². The topological polar surface area (TPSA) is 12.5 Å². The van der Waals surface area contributed by atoms with Gasteiger partial charge in [0.15, 0.2) is 0 Å². The van der Waals surface area contributed by atoms with Gasteiger partial charge in [0.05, 0.1) is 6.10 Å². The Balaban J connectivity index is 1.94. The molecule has 1 aromatic carbocycles. The molecule has 1 saturated heterocycles. The molecule has 1 nitrogen and oxygen atoms in total. The van der Waals surface area contributed by atoms with Crippen LogP contribution in [0.1, 0.15) is 31.2 Å². The van der Waals surface area contributed by atoms with Gasteiger partial charge in [0, 0.05) is 0 Å². The minimum absolute atomic E-state index is 0.138. The van der Waals surface area contributed by atoms with E-state index in [2.05, 4.69) is 30.3 Å². The Hall–Kier alpha value is -0.820. The van der Waals surface area contributed by atoms with E-state index in [1.54, 1.807) is 0 Å². The average molecular weight is 174 g/mol. The average Bonchev–Trinajstić information content (AvgIpc) is 2.94. The van der Waals surface area contributed by atoms with Gasteiger partial charge in [0.25, 0.3) is 0 Å². The summed E-state index contributed by atoms with van der Waals surface area (Å²) in [5, 5.41) is 0. The second-order valence-electron chi connectivity index (χ2n) is 4.11. The third-order valence-corrected chi connectivity index (χ3v) is 3.34. The van der Waals surface area contributed by atoms with Crippen molar-refractivity contribution in [3.05, 3.63) is 35.9 Å². The first-order valence-electron chi connectivity index (χ1n) is 5.15. The van der Waals surface area contributed by atoms with Crippen LogP contribution in [0.5, 0.6) is 0 Å². The molecule has 2 aliphatic rings. The van der Waals surface area contributed by atoms with Crippen molar-refractivity contribution in [1.82, 2.24) is 0 Å². The second kappa shape index (κ2) is 2.58. The number of fused-ring (bicyclic) bond motifs is 1. The van der Waals surface area contributed by atoms with Crippen molar-refractivity contribution in [1.29, 1.82) is 0 Å². The smallest absolute Gasteiger partial charge is 0.120 e. The largest absolute Gasteiger partial charge is 0.361 e. The van der Waals surface area contributed by atoms with Crippen LogP contribution in [0.3, 0.4) is 0 Å². The first kappa shape index (κ1) is 7.57. The first-order valence-corrected chi connectivity index (χ1v) is 5.15. The van der Waals surface area contributed by atoms with Crippen LogP contribution in [0.25, 0.3) is 0 Å². The lowest BCUT2D eigenvalue weighted by molar-refractivity contribution is 0.289.